The third-order valence-electron chi connectivity index (χ3n) is 3.13. The van der Waals surface area contributed by atoms with E-state index in [9.17, 15) is 9.59 Å². The topological polar surface area (TPSA) is 77.8 Å². The standard InChI is InChI=1S/C18H21NO5/c1-12(2)23-15-8-6-14(7-9-15)18(21)24-13(3)17(20)19-11-16-5-4-10-22-16/h4-10,12-13H,11H2,1-3H3,(H,19,20)/t13-/m0/s1. The van der Waals surface area contributed by atoms with Crippen LogP contribution < -0.4 is 10.1 Å². The van der Waals surface area contributed by atoms with Crippen molar-refractivity contribution in [1.29, 1.82) is 0 Å². The minimum absolute atomic E-state index is 0.0562. The summed E-state index contributed by atoms with van der Waals surface area (Å²) in [5.41, 5.74) is 0.358. The van der Waals surface area contributed by atoms with Gasteiger partial charge in [0.1, 0.15) is 11.5 Å². The molecular weight excluding hydrogens is 310 g/mol. The van der Waals surface area contributed by atoms with E-state index >= 15 is 0 Å². The second kappa shape index (κ2) is 8.19. The van der Waals surface area contributed by atoms with E-state index in [1.165, 1.54) is 13.2 Å². The quantitative estimate of drug-likeness (QED) is 0.789. The number of hydrogen-bond acceptors (Lipinski definition) is 5. The number of ether oxygens (including phenoxy) is 2. The van der Waals surface area contributed by atoms with Crippen LogP contribution in [0.15, 0.2) is 47.1 Å². The van der Waals surface area contributed by atoms with E-state index in [4.69, 9.17) is 13.9 Å². The molecule has 0 bridgehead atoms. The summed E-state index contributed by atoms with van der Waals surface area (Å²) in [5.74, 6) is 0.347. The maximum absolute atomic E-state index is 12.1. The lowest BCUT2D eigenvalue weighted by Crippen LogP contribution is -2.35. The van der Waals surface area contributed by atoms with Gasteiger partial charge in [-0.1, -0.05) is 0 Å². The fraction of sp³-hybridized carbons (Fsp3) is 0.333. The van der Waals surface area contributed by atoms with Crippen molar-refractivity contribution in [2.75, 3.05) is 0 Å². The van der Waals surface area contributed by atoms with Gasteiger partial charge in [0.2, 0.25) is 0 Å². The zero-order chi connectivity index (χ0) is 17.5. The summed E-state index contributed by atoms with van der Waals surface area (Å²) in [6.45, 7) is 5.61. The maximum Gasteiger partial charge on any atom is 0.338 e. The molecule has 0 unspecified atom stereocenters. The van der Waals surface area contributed by atoms with Gasteiger partial charge in [0.05, 0.1) is 24.5 Å². The van der Waals surface area contributed by atoms with Crippen LogP contribution >= 0.6 is 0 Å². The molecule has 0 saturated heterocycles. The molecule has 1 atom stereocenters. The highest BCUT2D eigenvalue weighted by Crippen LogP contribution is 2.15. The van der Waals surface area contributed by atoms with Gasteiger partial charge < -0.3 is 19.2 Å². The van der Waals surface area contributed by atoms with Gasteiger partial charge in [-0.15, -0.1) is 0 Å². The summed E-state index contributed by atoms with van der Waals surface area (Å²) in [4.78, 5) is 24.0. The smallest absolute Gasteiger partial charge is 0.338 e. The molecule has 0 saturated carbocycles. The van der Waals surface area contributed by atoms with Crippen LogP contribution in [0.4, 0.5) is 0 Å². The average molecular weight is 331 g/mol. The molecule has 128 valence electrons. The predicted octanol–water partition coefficient (Wildman–Crippen LogP) is 2.93. The number of furan rings is 1. The van der Waals surface area contributed by atoms with E-state index < -0.39 is 12.1 Å². The largest absolute Gasteiger partial charge is 0.491 e. The van der Waals surface area contributed by atoms with Gasteiger partial charge in [0.25, 0.3) is 5.91 Å². The van der Waals surface area contributed by atoms with E-state index in [0.29, 0.717) is 17.1 Å². The Hall–Kier alpha value is -2.76. The van der Waals surface area contributed by atoms with Crippen molar-refractivity contribution in [1.82, 2.24) is 5.32 Å². The van der Waals surface area contributed by atoms with Crippen LogP contribution in [-0.4, -0.2) is 24.1 Å². The Morgan fingerprint density at radius 2 is 1.83 bits per heavy atom. The molecule has 0 aliphatic carbocycles. The van der Waals surface area contributed by atoms with Crippen LogP contribution in [0.25, 0.3) is 0 Å². The molecule has 1 amide bonds. The highest BCUT2D eigenvalue weighted by molar-refractivity contribution is 5.92. The highest BCUT2D eigenvalue weighted by atomic mass is 16.5. The molecular formula is C18H21NO5. The summed E-state index contributed by atoms with van der Waals surface area (Å²) >= 11 is 0. The van der Waals surface area contributed by atoms with Gasteiger partial charge in [0, 0.05) is 0 Å². The van der Waals surface area contributed by atoms with Crippen LogP contribution in [0.5, 0.6) is 5.75 Å². The van der Waals surface area contributed by atoms with E-state index in [1.807, 2.05) is 13.8 Å². The molecule has 1 heterocycles. The van der Waals surface area contributed by atoms with Gasteiger partial charge in [-0.2, -0.15) is 0 Å². The molecule has 0 fully saturated rings. The van der Waals surface area contributed by atoms with Crippen LogP contribution in [0.3, 0.4) is 0 Å². The SMILES string of the molecule is CC(C)Oc1ccc(C(=O)O[C@@H](C)C(=O)NCc2ccco2)cc1. The zero-order valence-electron chi connectivity index (χ0n) is 13.9. The number of amides is 1. The monoisotopic (exact) mass is 331 g/mol. The Morgan fingerprint density at radius 3 is 2.42 bits per heavy atom. The number of hydrogen-bond donors (Lipinski definition) is 1. The predicted molar refractivity (Wildman–Crippen MR) is 87.6 cm³/mol. The second-order valence-electron chi connectivity index (χ2n) is 5.54. The number of esters is 1. The van der Waals surface area contributed by atoms with E-state index in [0.717, 1.165) is 0 Å². The Bertz CT molecular complexity index is 661. The summed E-state index contributed by atoms with van der Waals surface area (Å²) in [6, 6.07) is 10.1. The molecule has 1 aromatic carbocycles. The van der Waals surface area contributed by atoms with Crippen molar-refractivity contribution in [3.8, 4) is 5.75 Å². The van der Waals surface area contributed by atoms with Gasteiger partial charge in [-0.3, -0.25) is 4.79 Å². The third-order valence-corrected chi connectivity index (χ3v) is 3.13. The molecule has 1 N–H and O–H groups in total. The molecule has 24 heavy (non-hydrogen) atoms. The molecule has 0 aliphatic heterocycles. The third kappa shape index (κ3) is 5.15. The first-order valence-corrected chi connectivity index (χ1v) is 7.73. The normalized spacial score (nSPS) is 11.8. The van der Waals surface area contributed by atoms with Gasteiger partial charge >= 0.3 is 5.97 Å². The lowest BCUT2D eigenvalue weighted by molar-refractivity contribution is -0.129. The van der Waals surface area contributed by atoms with E-state index in [-0.39, 0.29) is 18.6 Å². The molecule has 6 nitrogen and oxygen atoms in total. The van der Waals surface area contributed by atoms with Crippen molar-refractivity contribution in [2.45, 2.75) is 39.5 Å². The number of carbonyl (C=O) groups is 2. The number of benzene rings is 1. The van der Waals surface area contributed by atoms with Crippen molar-refractivity contribution in [3.05, 3.63) is 54.0 Å². The van der Waals surface area contributed by atoms with Crippen LogP contribution in [0.2, 0.25) is 0 Å². The maximum atomic E-state index is 12.1. The summed E-state index contributed by atoms with van der Waals surface area (Å²) in [5, 5.41) is 2.64. The molecule has 0 radical (unpaired) electrons. The fourth-order valence-electron chi connectivity index (χ4n) is 1.95. The summed E-state index contributed by atoms with van der Waals surface area (Å²) in [7, 11) is 0. The van der Waals surface area contributed by atoms with Crippen LogP contribution in [-0.2, 0) is 16.1 Å². The lowest BCUT2D eigenvalue weighted by atomic mass is 10.2. The molecule has 6 heteroatoms. The summed E-state index contributed by atoms with van der Waals surface area (Å²) < 4.78 is 15.8. The van der Waals surface area contributed by atoms with Gasteiger partial charge in [-0.25, -0.2) is 4.79 Å². The minimum atomic E-state index is -0.904. The van der Waals surface area contributed by atoms with Crippen LogP contribution in [0.1, 0.15) is 36.9 Å². The Balaban J connectivity index is 1.84. The van der Waals surface area contributed by atoms with Crippen molar-refractivity contribution < 1.29 is 23.5 Å². The molecule has 2 aromatic rings. The second-order valence-corrected chi connectivity index (χ2v) is 5.54. The van der Waals surface area contributed by atoms with E-state index in [1.54, 1.807) is 36.4 Å². The van der Waals surface area contributed by atoms with Crippen LogP contribution in [0, 0.1) is 0 Å². The molecule has 0 spiro atoms. The fourth-order valence-corrected chi connectivity index (χ4v) is 1.95. The molecule has 2 rings (SSSR count). The first-order chi connectivity index (χ1) is 11.5. The van der Waals surface area contributed by atoms with Gasteiger partial charge in [-0.05, 0) is 57.2 Å². The van der Waals surface area contributed by atoms with Gasteiger partial charge in [0.15, 0.2) is 6.10 Å². The van der Waals surface area contributed by atoms with Crippen molar-refractivity contribution in [3.63, 3.8) is 0 Å². The molecule has 0 aliphatic rings. The lowest BCUT2D eigenvalue weighted by Gasteiger charge is -2.13. The highest BCUT2D eigenvalue weighted by Gasteiger charge is 2.19. The molecule has 1 aromatic heterocycles. The minimum Gasteiger partial charge on any atom is -0.491 e. The number of rotatable bonds is 7. The van der Waals surface area contributed by atoms with Crippen molar-refractivity contribution in [2.24, 2.45) is 0 Å². The first kappa shape index (κ1) is 17.6. The summed E-state index contributed by atoms with van der Waals surface area (Å²) in [6.07, 6.45) is 0.678. The number of nitrogens with one attached hydrogen (secondary N) is 1. The van der Waals surface area contributed by atoms with E-state index in [2.05, 4.69) is 5.32 Å². The Morgan fingerprint density at radius 1 is 1.12 bits per heavy atom. The van der Waals surface area contributed by atoms with Crippen molar-refractivity contribution >= 4 is 11.9 Å². The Kier molecular flexibility index (Phi) is 6.01. The Labute approximate surface area is 140 Å². The average Bonchev–Trinajstić information content (AvgIpc) is 3.06. The first-order valence-electron chi connectivity index (χ1n) is 7.73. The number of carbonyl (C=O) groups excluding carboxylic acids is 2. The zero-order valence-corrected chi connectivity index (χ0v) is 13.9.